The van der Waals surface area contributed by atoms with Crippen molar-refractivity contribution in [2.24, 2.45) is 29.1 Å². The molecule has 3 aliphatic carbocycles. The Labute approximate surface area is 368 Å². The van der Waals surface area contributed by atoms with Crippen LogP contribution in [0.3, 0.4) is 0 Å². The molecule has 3 aliphatic rings. The van der Waals surface area contributed by atoms with E-state index in [4.69, 9.17) is 24.2 Å². The largest absolute Gasteiger partial charge is 0.497 e. The number of nitrogens with one attached hydrogen (secondary N) is 5. The molecule has 16 heteroatoms. The predicted molar refractivity (Wildman–Crippen MR) is 239 cm³/mol. The van der Waals surface area contributed by atoms with Gasteiger partial charge in [0.1, 0.15) is 40.9 Å². The van der Waals surface area contributed by atoms with Gasteiger partial charge in [0.2, 0.25) is 23.6 Å². The topological polar surface area (TPSA) is 199 Å². The Kier molecular flexibility index (Phi) is 14.5. The first-order chi connectivity index (χ1) is 29.5. The second-order valence-corrected chi connectivity index (χ2v) is 19.0. The van der Waals surface area contributed by atoms with Gasteiger partial charge < -0.3 is 40.8 Å². The number of benzene rings is 1. The number of anilines is 1. The summed E-state index contributed by atoms with van der Waals surface area (Å²) < 4.78 is 17.7. The minimum Gasteiger partial charge on any atom is -0.497 e. The number of methoxy groups -OCH3 is 1. The zero-order chi connectivity index (χ0) is 44.9. The lowest BCUT2D eigenvalue weighted by atomic mass is 9.82. The Bertz CT molecular complexity index is 2150. The molecule has 15 nitrogen and oxygen atoms in total. The number of thiazole rings is 1. The van der Waals surface area contributed by atoms with Crippen molar-refractivity contribution in [2.45, 2.75) is 123 Å². The van der Waals surface area contributed by atoms with Crippen LogP contribution in [0.25, 0.3) is 22.3 Å². The Morgan fingerprint density at radius 3 is 2.29 bits per heavy atom. The maximum Gasteiger partial charge on any atom is 0.332 e. The zero-order valence-electron chi connectivity index (χ0n) is 37.2. The molecule has 1 unspecified atom stereocenters. The van der Waals surface area contributed by atoms with Gasteiger partial charge in [-0.05, 0) is 76.3 Å². The minimum absolute atomic E-state index is 0.0292. The second-order valence-electron chi connectivity index (χ2n) is 18.2. The number of aromatic nitrogens is 2. The van der Waals surface area contributed by atoms with Crippen LogP contribution in [0.4, 0.5) is 5.13 Å². The molecule has 2 aromatic heterocycles. The summed E-state index contributed by atoms with van der Waals surface area (Å²) in [5, 5.41) is 18.3. The Morgan fingerprint density at radius 1 is 0.968 bits per heavy atom. The molecule has 0 aliphatic heterocycles. The number of hydrogen-bond donors (Lipinski definition) is 5. The summed E-state index contributed by atoms with van der Waals surface area (Å²) in [4.78, 5) is 79.5. The zero-order valence-corrected chi connectivity index (χ0v) is 38.0. The van der Waals surface area contributed by atoms with Gasteiger partial charge in [-0.2, -0.15) is 0 Å². The van der Waals surface area contributed by atoms with Gasteiger partial charge in [0.15, 0.2) is 5.13 Å². The highest BCUT2D eigenvalue weighted by Gasteiger charge is 2.62. The summed E-state index contributed by atoms with van der Waals surface area (Å²) >= 11 is 1.46. The van der Waals surface area contributed by atoms with Crippen molar-refractivity contribution >= 4 is 57.0 Å². The minimum atomic E-state index is -1.29. The average Bonchev–Trinajstić information content (AvgIpc) is 3.50. The summed E-state index contributed by atoms with van der Waals surface area (Å²) in [5.74, 6) is -3.51. The van der Waals surface area contributed by atoms with E-state index in [2.05, 4.69) is 33.2 Å². The number of carbonyl (C=O) groups is 5. The molecule has 6 rings (SSSR count). The third-order valence-electron chi connectivity index (χ3n) is 12.3. The Hall–Kier alpha value is -5.25. The van der Waals surface area contributed by atoms with Gasteiger partial charge in [-0.3, -0.25) is 19.2 Å². The van der Waals surface area contributed by atoms with Crippen molar-refractivity contribution < 1.29 is 38.2 Å². The molecule has 7 atom stereocenters. The summed E-state index contributed by atoms with van der Waals surface area (Å²) in [6.45, 7) is 15.3. The third kappa shape index (κ3) is 10.3. The number of likely N-dealkylation sites (N-methyl/N-ethyl adjacent to an activating group) is 1. The van der Waals surface area contributed by atoms with Gasteiger partial charge in [-0.25, -0.2) is 14.8 Å². The molecule has 3 saturated carbocycles. The number of esters is 1. The maximum absolute atomic E-state index is 14.7. The van der Waals surface area contributed by atoms with E-state index in [1.54, 1.807) is 27.2 Å². The van der Waals surface area contributed by atoms with Gasteiger partial charge in [-0.1, -0.05) is 46.1 Å². The summed E-state index contributed by atoms with van der Waals surface area (Å²) in [6, 6.07) is 5.67. The maximum atomic E-state index is 14.7. The van der Waals surface area contributed by atoms with Crippen LogP contribution in [0.5, 0.6) is 11.5 Å². The van der Waals surface area contributed by atoms with Gasteiger partial charge in [0.05, 0.1) is 36.8 Å². The van der Waals surface area contributed by atoms with E-state index in [-0.39, 0.29) is 43.2 Å². The molecule has 2 heterocycles. The van der Waals surface area contributed by atoms with E-state index in [9.17, 15) is 24.0 Å². The lowest BCUT2D eigenvalue weighted by Gasteiger charge is -2.35. The van der Waals surface area contributed by atoms with E-state index in [0.717, 1.165) is 37.2 Å². The standard InChI is InChI=1S/C46H63N7O8S/c1-10-27-23-46(27,43(58)60-11-2)53-40(55)32-20-29(61-36-22-34(35-24-62-44(50-35)48-25(3)4)49-33-21-28(59-9)17-18-30(33)36)19-31(32)39(54)52-38(45(5,6)7)42(57)51-37(41(56)47-8)26-15-13-12-14-16-26/h10,17-18,21-22,24-27,29,31-32,37-38H,1,11-16,19-20,23H2,2-9H3,(H,47,56)(H,48,50)(H,51,57)(H,52,54)(H,53,55)/t27?,29-,31+,32+,37-,38+,46+/m0/s1. The van der Waals surface area contributed by atoms with Crippen molar-refractivity contribution in [1.82, 2.24) is 31.2 Å². The normalized spacial score (nSPS) is 23.4. The fraction of sp³-hybridized carbons (Fsp3) is 0.587. The molecule has 1 aromatic carbocycles. The average molecular weight is 874 g/mol. The van der Waals surface area contributed by atoms with Crippen molar-refractivity contribution in [2.75, 3.05) is 26.1 Å². The first kappa shape index (κ1) is 46.3. The molecule has 0 bridgehead atoms. The molecule has 4 amide bonds. The molecule has 0 saturated heterocycles. The molecule has 0 spiro atoms. The molecule has 3 aromatic rings. The molecule has 5 N–H and O–H groups in total. The smallest absolute Gasteiger partial charge is 0.332 e. The molecule has 336 valence electrons. The van der Waals surface area contributed by atoms with Crippen LogP contribution in [-0.2, 0) is 28.7 Å². The summed E-state index contributed by atoms with van der Waals surface area (Å²) in [5.41, 5.74) is -0.250. The molecular weight excluding hydrogens is 811 g/mol. The van der Waals surface area contributed by atoms with Crippen molar-refractivity contribution in [3.05, 3.63) is 42.3 Å². The summed E-state index contributed by atoms with van der Waals surface area (Å²) in [6.07, 6.45) is 6.20. The number of amides is 4. The molecular formula is C46H63N7O8S. The van der Waals surface area contributed by atoms with Crippen molar-refractivity contribution in [3.8, 4) is 22.9 Å². The second kappa shape index (κ2) is 19.4. The highest BCUT2D eigenvalue weighted by molar-refractivity contribution is 7.14. The van der Waals surface area contributed by atoms with E-state index in [0.29, 0.717) is 40.2 Å². The van der Waals surface area contributed by atoms with Crippen LogP contribution in [0, 0.1) is 29.1 Å². The number of rotatable bonds is 17. The first-order valence-electron chi connectivity index (χ1n) is 21.8. The highest BCUT2D eigenvalue weighted by atomic mass is 32.1. The van der Waals surface area contributed by atoms with Gasteiger partial charge in [-0.15, -0.1) is 17.9 Å². The van der Waals surface area contributed by atoms with Crippen LogP contribution in [0.2, 0.25) is 0 Å². The van der Waals surface area contributed by atoms with Crippen LogP contribution >= 0.6 is 11.3 Å². The number of nitrogens with zero attached hydrogens (tertiary/aromatic N) is 2. The number of fused-ring (bicyclic) bond motifs is 1. The van der Waals surface area contributed by atoms with Crippen molar-refractivity contribution in [1.29, 1.82) is 0 Å². The number of carbonyl (C=O) groups excluding carboxylic acids is 5. The van der Waals surface area contributed by atoms with Crippen molar-refractivity contribution in [3.63, 3.8) is 0 Å². The first-order valence-corrected chi connectivity index (χ1v) is 22.7. The fourth-order valence-corrected chi connectivity index (χ4v) is 9.69. The predicted octanol–water partition coefficient (Wildman–Crippen LogP) is 5.93. The highest BCUT2D eigenvalue weighted by Crippen LogP contribution is 2.47. The number of ether oxygens (including phenoxy) is 3. The Balaban J connectivity index is 1.32. The lowest BCUT2D eigenvalue weighted by Crippen LogP contribution is -2.60. The van der Waals surface area contributed by atoms with Crippen LogP contribution < -0.4 is 36.1 Å². The quantitative estimate of drug-likeness (QED) is 0.0797. The van der Waals surface area contributed by atoms with E-state index < -0.39 is 64.7 Å². The van der Waals surface area contributed by atoms with Crippen LogP contribution in [0.15, 0.2) is 42.3 Å². The van der Waals surface area contributed by atoms with E-state index in [1.807, 2.05) is 64.3 Å². The summed E-state index contributed by atoms with van der Waals surface area (Å²) in [7, 11) is 3.13. The van der Waals surface area contributed by atoms with E-state index in [1.165, 1.54) is 11.3 Å². The fourth-order valence-electron chi connectivity index (χ4n) is 8.84. The Morgan fingerprint density at radius 2 is 1.68 bits per heavy atom. The van der Waals surface area contributed by atoms with Gasteiger partial charge in [0, 0.05) is 41.9 Å². The number of hydrogen-bond acceptors (Lipinski definition) is 12. The monoisotopic (exact) mass is 873 g/mol. The molecule has 0 radical (unpaired) electrons. The SMILES string of the molecule is C=CC1C[C@]1(NC(=O)[C@@H]1C[C@@H](Oc2cc(-c3csc(NC(C)C)n3)nc3cc(OC)ccc23)C[C@H]1C(=O)N[C@H](C(=O)N[C@H](C(=O)NC)C1CCCCC1)C(C)(C)C)C(=O)OCC. The van der Waals surface area contributed by atoms with Gasteiger partial charge in [0.25, 0.3) is 0 Å². The lowest BCUT2D eigenvalue weighted by molar-refractivity contribution is -0.150. The van der Waals surface area contributed by atoms with E-state index >= 15 is 0 Å². The van der Waals surface area contributed by atoms with Crippen LogP contribution in [-0.4, -0.2) is 90.1 Å². The molecule has 3 fully saturated rings. The molecule has 62 heavy (non-hydrogen) atoms. The third-order valence-corrected chi connectivity index (χ3v) is 13.1. The van der Waals surface area contributed by atoms with Gasteiger partial charge >= 0.3 is 5.97 Å². The number of pyridine rings is 1. The van der Waals surface area contributed by atoms with Crippen LogP contribution in [0.1, 0.15) is 92.9 Å².